The van der Waals surface area contributed by atoms with Crippen molar-refractivity contribution in [1.82, 2.24) is 0 Å². The molecule has 0 aromatic heterocycles. The van der Waals surface area contributed by atoms with E-state index in [1.165, 1.54) is 45.6 Å². The molecule has 116 valence electrons. The van der Waals surface area contributed by atoms with Gasteiger partial charge in [0, 0.05) is 6.42 Å². The van der Waals surface area contributed by atoms with Crippen molar-refractivity contribution in [3.05, 3.63) is 24.3 Å². The maximum absolute atomic E-state index is 10.9. The number of rotatable bonds is 13. The van der Waals surface area contributed by atoms with Crippen LogP contribution in [0.4, 0.5) is 0 Å². The Bertz CT molecular complexity index is 267. The van der Waals surface area contributed by atoms with Gasteiger partial charge in [-0.05, 0) is 32.1 Å². The molecular weight excluding hydrogens is 248 g/mol. The molecule has 0 spiro atoms. The predicted molar refractivity (Wildman–Crippen MR) is 86.8 cm³/mol. The van der Waals surface area contributed by atoms with E-state index in [1.807, 2.05) is 0 Å². The second-order valence-corrected chi connectivity index (χ2v) is 5.23. The zero-order chi connectivity index (χ0) is 14.9. The molecule has 0 aromatic carbocycles. The summed E-state index contributed by atoms with van der Waals surface area (Å²) in [4.78, 5) is 10.9. The zero-order valence-electron chi connectivity index (χ0n) is 13.4. The van der Waals surface area contributed by atoms with Crippen LogP contribution in [0.15, 0.2) is 24.3 Å². The fraction of sp³-hybridized carbons (Fsp3) is 0.722. The Morgan fingerprint density at radius 1 is 0.850 bits per heavy atom. The molecule has 0 rings (SSSR count). The molecule has 0 saturated heterocycles. The summed E-state index contributed by atoms with van der Waals surface area (Å²) in [7, 11) is 1.45. The fourth-order valence-corrected chi connectivity index (χ4v) is 2.03. The first-order valence-electron chi connectivity index (χ1n) is 8.19. The third-order valence-electron chi connectivity index (χ3n) is 3.34. The van der Waals surface area contributed by atoms with E-state index in [1.54, 1.807) is 0 Å². The number of esters is 1. The van der Waals surface area contributed by atoms with Gasteiger partial charge in [-0.15, -0.1) is 0 Å². The molecule has 0 aromatic rings. The summed E-state index contributed by atoms with van der Waals surface area (Å²) in [5, 5.41) is 0. The molecule has 0 heterocycles. The summed E-state index contributed by atoms with van der Waals surface area (Å²) in [5.41, 5.74) is 0. The Hall–Kier alpha value is -1.05. The van der Waals surface area contributed by atoms with Crippen LogP contribution < -0.4 is 0 Å². The van der Waals surface area contributed by atoms with Gasteiger partial charge in [0.1, 0.15) is 0 Å². The van der Waals surface area contributed by atoms with E-state index in [9.17, 15) is 4.79 Å². The molecule has 20 heavy (non-hydrogen) atoms. The van der Waals surface area contributed by atoms with Gasteiger partial charge in [0.25, 0.3) is 0 Å². The van der Waals surface area contributed by atoms with Crippen LogP contribution in [0.5, 0.6) is 0 Å². The largest absolute Gasteiger partial charge is 0.469 e. The van der Waals surface area contributed by atoms with E-state index in [0.717, 1.165) is 25.7 Å². The molecule has 0 bridgehead atoms. The van der Waals surface area contributed by atoms with Crippen LogP contribution in [0.1, 0.15) is 77.6 Å². The van der Waals surface area contributed by atoms with Crippen molar-refractivity contribution in [3.63, 3.8) is 0 Å². The highest BCUT2D eigenvalue weighted by Gasteiger charge is 1.97. The normalized spacial score (nSPS) is 11.5. The molecule has 2 heteroatoms. The maximum Gasteiger partial charge on any atom is 0.305 e. The van der Waals surface area contributed by atoms with Crippen molar-refractivity contribution in [2.45, 2.75) is 77.6 Å². The summed E-state index contributed by atoms with van der Waals surface area (Å²) < 4.78 is 4.60. The van der Waals surface area contributed by atoms with Gasteiger partial charge in [0.15, 0.2) is 0 Å². The molecule has 0 N–H and O–H groups in total. The van der Waals surface area contributed by atoms with Gasteiger partial charge in [-0.25, -0.2) is 0 Å². The standard InChI is InChI=1S/C18H32O2/c1-3-4-5-6-7-8-9-10-11-12-13-14-15-16-17-18(19)20-2/h9-12H,3-8,13-17H2,1-2H3/b10-9+,12-11+. The Kier molecular flexibility index (Phi) is 15.2. The first-order chi connectivity index (χ1) is 9.81. The minimum Gasteiger partial charge on any atom is -0.469 e. The summed E-state index contributed by atoms with van der Waals surface area (Å²) in [5.74, 6) is -0.0950. The average molecular weight is 280 g/mol. The van der Waals surface area contributed by atoms with Crippen LogP contribution in [0, 0.1) is 0 Å². The monoisotopic (exact) mass is 280 g/mol. The van der Waals surface area contributed by atoms with Crippen molar-refractivity contribution in [2.24, 2.45) is 0 Å². The van der Waals surface area contributed by atoms with Crippen LogP contribution in [-0.2, 0) is 9.53 Å². The number of hydrogen-bond acceptors (Lipinski definition) is 2. The lowest BCUT2D eigenvalue weighted by molar-refractivity contribution is -0.140. The molecule has 2 nitrogen and oxygen atoms in total. The van der Waals surface area contributed by atoms with Crippen LogP contribution in [0.2, 0.25) is 0 Å². The number of methoxy groups -OCH3 is 1. The first kappa shape index (κ1) is 18.9. The molecule has 0 aliphatic heterocycles. The lowest BCUT2D eigenvalue weighted by atomic mass is 10.1. The Morgan fingerprint density at radius 2 is 1.40 bits per heavy atom. The molecular formula is C18H32O2. The minimum atomic E-state index is -0.0950. The number of allylic oxidation sites excluding steroid dienone is 4. The van der Waals surface area contributed by atoms with Crippen molar-refractivity contribution >= 4 is 5.97 Å². The highest BCUT2D eigenvalue weighted by Crippen LogP contribution is 2.06. The SMILES string of the molecule is CCCCCCC/C=C/C=C/CCCCCC(=O)OC. The van der Waals surface area contributed by atoms with Crippen LogP contribution >= 0.6 is 0 Å². The smallest absolute Gasteiger partial charge is 0.305 e. The van der Waals surface area contributed by atoms with E-state index < -0.39 is 0 Å². The van der Waals surface area contributed by atoms with Gasteiger partial charge in [0.05, 0.1) is 7.11 Å². The van der Waals surface area contributed by atoms with Gasteiger partial charge < -0.3 is 4.74 Å². The van der Waals surface area contributed by atoms with Gasteiger partial charge >= 0.3 is 5.97 Å². The highest BCUT2D eigenvalue weighted by atomic mass is 16.5. The Labute approximate surface area is 125 Å². The van der Waals surface area contributed by atoms with Crippen molar-refractivity contribution in [2.75, 3.05) is 7.11 Å². The van der Waals surface area contributed by atoms with Crippen LogP contribution in [-0.4, -0.2) is 13.1 Å². The molecule has 0 atom stereocenters. The quantitative estimate of drug-likeness (QED) is 0.250. The third kappa shape index (κ3) is 15.0. The van der Waals surface area contributed by atoms with Crippen molar-refractivity contribution < 1.29 is 9.53 Å². The zero-order valence-corrected chi connectivity index (χ0v) is 13.4. The van der Waals surface area contributed by atoms with E-state index >= 15 is 0 Å². The third-order valence-corrected chi connectivity index (χ3v) is 3.34. The van der Waals surface area contributed by atoms with Crippen LogP contribution in [0.3, 0.4) is 0 Å². The van der Waals surface area contributed by atoms with E-state index in [0.29, 0.717) is 6.42 Å². The highest BCUT2D eigenvalue weighted by molar-refractivity contribution is 5.68. The number of hydrogen-bond donors (Lipinski definition) is 0. The molecule has 0 fully saturated rings. The summed E-state index contributed by atoms with van der Waals surface area (Å²) >= 11 is 0. The van der Waals surface area contributed by atoms with Crippen LogP contribution in [0.25, 0.3) is 0 Å². The molecule has 0 radical (unpaired) electrons. The van der Waals surface area contributed by atoms with Gasteiger partial charge in [-0.2, -0.15) is 0 Å². The first-order valence-corrected chi connectivity index (χ1v) is 8.19. The Balaban J connectivity index is 3.24. The Morgan fingerprint density at radius 3 is 1.95 bits per heavy atom. The van der Waals surface area contributed by atoms with Gasteiger partial charge in [0.2, 0.25) is 0 Å². The lowest BCUT2D eigenvalue weighted by Crippen LogP contribution is -1.98. The average Bonchev–Trinajstić information content (AvgIpc) is 2.47. The topological polar surface area (TPSA) is 26.3 Å². The molecule has 0 saturated carbocycles. The second-order valence-electron chi connectivity index (χ2n) is 5.23. The fourth-order valence-electron chi connectivity index (χ4n) is 2.03. The van der Waals surface area contributed by atoms with Gasteiger partial charge in [-0.1, -0.05) is 63.3 Å². The number of carbonyl (C=O) groups is 1. The molecule has 0 unspecified atom stereocenters. The number of unbranched alkanes of at least 4 members (excludes halogenated alkanes) is 8. The van der Waals surface area contributed by atoms with E-state index in [4.69, 9.17) is 0 Å². The second kappa shape index (κ2) is 16.0. The number of carbonyl (C=O) groups excluding carboxylic acids is 1. The summed E-state index contributed by atoms with van der Waals surface area (Å²) in [6.45, 7) is 2.25. The lowest BCUT2D eigenvalue weighted by Gasteiger charge is -1.98. The maximum atomic E-state index is 10.9. The van der Waals surface area contributed by atoms with Gasteiger partial charge in [-0.3, -0.25) is 4.79 Å². The summed E-state index contributed by atoms with van der Waals surface area (Å²) in [6.07, 6.45) is 21.6. The predicted octanol–water partition coefficient (Wildman–Crippen LogP) is 5.58. The molecule has 0 aliphatic carbocycles. The summed E-state index contributed by atoms with van der Waals surface area (Å²) in [6, 6.07) is 0. The number of ether oxygens (including phenoxy) is 1. The van der Waals surface area contributed by atoms with Crippen molar-refractivity contribution in [3.8, 4) is 0 Å². The van der Waals surface area contributed by atoms with Crippen molar-refractivity contribution in [1.29, 1.82) is 0 Å². The minimum absolute atomic E-state index is 0.0950. The molecule has 0 aliphatic rings. The van der Waals surface area contributed by atoms with E-state index in [2.05, 4.69) is 36.0 Å². The van der Waals surface area contributed by atoms with E-state index in [-0.39, 0.29) is 5.97 Å². The molecule has 0 amide bonds.